The number of carbonyl (C=O) groups is 1. The number of benzene rings is 1. The van der Waals surface area contributed by atoms with E-state index in [1.807, 2.05) is 24.3 Å². The van der Waals surface area contributed by atoms with E-state index in [4.69, 9.17) is 4.74 Å². The van der Waals surface area contributed by atoms with Crippen molar-refractivity contribution in [1.29, 1.82) is 0 Å². The molecule has 0 atom stereocenters. The quantitative estimate of drug-likeness (QED) is 0.835. The summed E-state index contributed by atoms with van der Waals surface area (Å²) < 4.78 is 46.2. The van der Waals surface area contributed by atoms with Crippen molar-refractivity contribution in [2.45, 2.75) is 25.4 Å². The summed E-state index contributed by atoms with van der Waals surface area (Å²) in [4.78, 5) is 15.0. The molecular formula is C15H16F3N3O3. The SMILES string of the molecule is COc1ccccc1CCC(=O)NCCc1noc(C(F)(F)F)n1. The molecule has 2 rings (SSSR count). The zero-order chi connectivity index (χ0) is 17.6. The van der Waals surface area contributed by atoms with E-state index in [1.165, 1.54) is 0 Å². The maximum atomic E-state index is 12.3. The van der Waals surface area contributed by atoms with Gasteiger partial charge in [0.15, 0.2) is 5.82 Å². The third-order valence-corrected chi connectivity index (χ3v) is 3.20. The van der Waals surface area contributed by atoms with Gasteiger partial charge in [-0.25, -0.2) is 0 Å². The molecule has 0 aliphatic rings. The Morgan fingerprint density at radius 2 is 2.04 bits per heavy atom. The van der Waals surface area contributed by atoms with Crippen LogP contribution in [0.25, 0.3) is 0 Å². The van der Waals surface area contributed by atoms with Gasteiger partial charge in [-0.2, -0.15) is 18.2 Å². The molecule has 1 aromatic heterocycles. The molecule has 0 saturated heterocycles. The maximum absolute atomic E-state index is 12.3. The molecule has 0 aliphatic carbocycles. The van der Waals surface area contributed by atoms with Gasteiger partial charge in [0, 0.05) is 19.4 Å². The van der Waals surface area contributed by atoms with Crippen LogP contribution in [0.4, 0.5) is 13.2 Å². The Balaban J connectivity index is 1.74. The molecule has 9 heteroatoms. The van der Waals surface area contributed by atoms with E-state index >= 15 is 0 Å². The van der Waals surface area contributed by atoms with Crippen LogP contribution in [0.2, 0.25) is 0 Å². The van der Waals surface area contributed by atoms with Gasteiger partial charge in [-0.3, -0.25) is 4.79 Å². The van der Waals surface area contributed by atoms with E-state index in [2.05, 4.69) is 20.0 Å². The standard InChI is InChI=1S/C15H16F3N3O3/c1-23-11-5-3-2-4-10(11)6-7-13(22)19-9-8-12-20-14(24-21-12)15(16,17)18/h2-5H,6-9H2,1H3,(H,19,22). The van der Waals surface area contributed by atoms with Crippen LogP contribution in [0.15, 0.2) is 28.8 Å². The molecule has 1 aromatic carbocycles. The van der Waals surface area contributed by atoms with Crippen LogP contribution in [0.5, 0.6) is 5.75 Å². The summed E-state index contributed by atoms with van der Waals surface area (Å²) in [6.07, 6.45) is -3.88. The van der Waals surface area contributed by atoms with Crippen LogP contribution in [0.3, 0.4) is 0 Å². The normalized spacial score (nSPS) is 11.3. The number of alkyl halides is 3. The molecule has 24 heavy (non-hydrogen) atoms. The second-order valence-electron chi connectivity index (χ2n) is 4.93. The number of para-hydroxylation sites is 1. The van der Waals surface area contributed by atoms with E-state index in [9.17, 15) is 18.0 Å². The van der Waals surface area contributed by atoms with E-state index in [-0.39, 0.29) is 31.1 Å². The van der Waals surface area contributed by atoms with Gasteiger partial charge in [-0.15, -0.1) is 0 Å². The van der Waals surface area contributed by atoms with Gasteiger partial charge in [0.2, 0.25) is 5.91 Å². The predicted molar refractivity (Wildman–Crippen MR) is 77.3 cm³/mol. The molecular weight excluding hydrogens is 327 g/mol. The molecule has 0 spiro atoms. The minimum absolute atomic E-state index is 0.0555. The van der Waals surface area contributed by atoms with E-state index in [0.717, 1.165) is 5.56 Å². The van der Waals surface area contributed by atoms with Crippen LogP contribution < -0.4 is 10.1 Å². The highest BCUT2D eigenvalue weighted by Gasteiger charge is 2.38. The van der Waals surface area contributed by atoms with Crippen LogP contribution in [0.1, 0.15) is 23.7 Å². The molecule has 6 nitrogen and oxygen atoms in total. The van der Waals surface area contributed by atoms with Crippen molar-refractivity contribution in [2.75, 3.05) is 13.7 Å². The number of nitrogens with zero attached hydrogens (tertiary/aromatic N) is 2. The zero-order valence-corrected chi connectivity index (χ0v) is 12.9. The van der Waals surface area contributed by atoms with Gasteiger partial charge in [0.25, 0.3) is 0 Å². The van der Waals surface area contributed by atoms with Gasteiger partial charge in [-0.1, -0.05) is 23.4 Å². The molecule has 0 bridgehead atoms. The molecule has 2 aromatic rings. The van der Waals surface area contributed by atoms with Gasteiger partial charge >= 0.3 is 12.1 Å². The maximum Gasteiger partial charge on any atom is 0.471 e. The highest BCUT2D eigenvalue weighted by atomic mass is 19.4. The number of rotatable bonds is 7. The fraction of sp³-hybridized carbons (Fsp3) is 0.400. The van der Waals surface area contributed by atoms with Crippen molar-refractivity contribution in [3.05, 3.63) is 41.5 Å². The van der Waals surface area contributed by atoms with Crippen LogP contribution >= 0.6 is 0 Å². The molecule has 1 N–H and O–H groups in total. The molecule has 0 unspecified atom stereocenters. The molecule has 0 aliphatic heterocycles. The average Bonchev–Trinajstić information content (AvgIpc) is 3.02. The van der Waals surface area contributed by atoms with Gasteiger partial charge < -0.3 is 14.6 Å². The first kappa shape index (κ1) is 17.8. The van der Waals surface area contributed by atoms with Crippen LogP contribution in [-0.4, -0.2) is 29.7 Å². The summed E-state index contributed by atoms with van der Waals surface area (Å²) in [5.74, 6) is -1.01. The summed E-state index contributed by atoms with van der Waals surface area (Å²) in [6, 6.07) is 7.36. The largest absolute Gasteiger partial charge is 0.496 e. The van der Waals surface area contributed by atoms with Crippen molar-refractivity contribution in [2.24, 2.45) is 0 Å². The zero-order valence-electron chi connectivity index (χ0n) is 12.9. The minimum atomic E-state index is -4.66. The Bertz CT molecular complexity index is 686. The Labute approximate surface area is 136 Å². The highest BCUT2D eigenvalue weighted by Crippen LogP contribution is 2.27. The number of nitrogens with one attached hydrogen (secondary N) is 1. The summed E-state index contributed by atoms with van der Waals surface area (Å²) in [7, 11) is 1.55. The van der Waals surface area contributed by atoms with E-state index in [0.29, 0.717) is 12.2 Å². The lowest BCUT2D eigenvalue weighted by Gasteiger charge is -2.08. The van der Waals surface area contributed by atoms with Crippen molar-refractivity contribution < 1.29 is 27.2 Å². The predicted octanol–water partition coefficient (Wildman–Crippen LogP) is 2.39. The second kappa shape index (κ2) is 7.80. The molecule has 1 amide bonds. The number of halogens is 3. The second-order valence-corrected chi connectivity index (χ2v) is 4.93. The number of hydrogen-bond acceptors (Lipinski definition) is 5. The van der Waals surface area contributed by atoms with E-state index < -0.39 is 12.1 Å². The number of hydrogen-bond donors (Lipinski definition) is 1. The van der Waals surface area contributed by atoms with Crippen molar-refractivity contribution in [3.63, 3.8) is 0 Å². The number of ether oxygens (including phenoxy) is 1. The summed E-state index contributed by atoms with van der Waals surface area (Å²) in [5.41, 5.74) is 0.906. The minimum Gasteiger partial charge on any atom is -0.496 e. The fourth-order valence-corrected chi connectivity index (χ4v) is 2.03. The Morgan fingerprint density at radius 3 is 2.71 bits per heavy atom. The number of aryl methyl sites for hydroxylation is 1. The Hall–Kier alpha value is -2.58. The molecule has 0 radical (unpaired) electrons. The number of amides is 1. The number of carbonyl (C=O) groups excluding carboxylic acids is 1. The monoisotopic (exact) mass is 343 g/mol. The van der Waals surface area contributed by atoms with Crippen molar-refractivity contribution in [3.8, 4) is 5.75 Å². The van der Waals surface area contributed by atoms with Crippen molar-refractivity contribution in [1.82, 2.24) is 15.5 Å². The average molecular weight is 343 g/mol. The fourth-order valence-electron chi connectivity index (χ4n) is 2.03. The van der Waals surface area contributed by atoms with Gasteiger partial charge in [0.05, 0.1) is 7.11 Å². The third kappa shape index (κ3) is 4.97. The highest BCUT2D eigenvalue weighted by molar-refractivity contribution is 5.76. The summed E-state index contributed by atoms with van der Waals surface area (Å²) >= 11 is 0. The van der Waals surface area contributed by atoms with Crippen molar-refractivity contribution >= 4 is 5.91 Å². The molecule has 130 valence electrons. The number of aromatic nitrogens is 2. The molecule has 0 fully saturated rings. The topological polar surface area (TPSA) is 77.2 Å². The van der Waals surface area contributed by atoms with Crippen LogP contribution in [-0.2, 0) is 23.8 Å². The summed E-state index contributed by atoms with van der Waals surface area (Å²) in [5, 5.41) is 5.83. The lowest BCUT2D eigenvalue weighted by Crippen LogP contribution is -2.26. The first-order valence-electron chi connectivity index (χ1n) is 7.18. The lowest BCUT2D eigenvalue weighted by molar-refractivity contribution is -0.159. The summed E-state index contributed by atoms with van der Waals surface area (Å²) in [6.45, 7) is 0.127. The Morgan fingerprint density at radius 1 is 1.29 bits per heavy atom. The van der Waals surface area contributed by atoms with Crippen LogP contribution in [0, 0.1) is 0 Å². The molecule has 1 heterocycles. The first-order valence-corrected chi connectivity index (χ1v) is 7.18. The molecule has 0 saturated carbocycles. The lowest BCUT2D eigenvalue weighted by atomic mass is 10.1. The smallest absolute Gasteiger partial charge is 0.471 e. The van der Waals surface area contributed by atoms with Gasteiger partial charge in [0.1, 0.15) is 5.75 Å². The van der Waals surface area contributed by atoms with Gasteiger partial charge in [-0.05, 0) is 18.1 Å². The van der Waals surface area contributed by atoms with E-state index in [1.54, 1.807) is 7.11 Å². The first-order chi connectivity index (χ1) is 11.4. The Kier molecular flexibility index (Phi) is 5.78. The third-order valence-electron chi connectivity index (χ3n) is 3.20. The number of methoxy groups -OCH3 is 1.